The summed E-state index contributed by atoms with van der Waals surface area (Å²) in [6.45, 7) is 0. The summed E-state index contributed by atoms with van der Waals surface area (Å²) in [6.07, 6.45) is 0. The number of amides is 1. The fraction of sp³-hybridized carbons (Fsp3) is 0. The fourth-order valence-corrected chi connectivity index (χ4v) is 0. The second-order valence-corrected chi connectivity index (χ2v) is 0.669. The number of carbonyl (C=O) groups is 2. The van der Waals surface area contributed by atoms with Crippen LogP contribution in [0.1, 0.15) is 0 Å². The van der Waals surface area contributed by atoms with E-state index in [0.29, 0.717) is 0 Å². The van der Waals surface area contributed by atoms with Crippen molar-refractivity contribution in [2.75, 3.05) is 0 Å². The molecular weight excluding hydrogens is 109 g/mol. The third-order valence-electron chi connectivity index (χ3n) is 0.211. The Kier molecular flexibility index (Phi) is 5.89. The zero-order chi connectivity index (χ0) is 5.15. The van der Waals surface area contributed by atoms with E-state index in [1.165, 1.54) is 0 Å². The van der Waals surface area contributed by atoms with Gasteiger partial charge in [-0.2, -0.15) is 0 Å². The summed E-state index contributed by atoms with van der Waals surface area (Å²) in [6, 6.07) is 0. The Morgan fingerprint density at radius 3 is 1.57 bits per heavy atom. The van der Waals surface area contributed by atoms with Gasteiger partial charge in [-0.25, -0.2) is 4.79 Å². The van der Waals surface area contributed by atoms with Gasteiger partial charge in [0.25, 0.3) is 0 Å². The van der Waals surface area contributed by atoms with Crippen LogP contribution in [0, 0.1) is 0 Å². The SMILES string of the molecule is NC(=O)C(=O)O.[NaH]. The number of carboxylic acids is 1. The van der Waals surface area contributed by atoms with Gasteiger partial charge in [0.15, 0.2) is 0 Å². The molecule has 0 aliphatic rings. The van der Waals surface area contributed by atoms with Crippen molar-refractivity contribution in [3.8, 4) is 0 Å². The van der Waals surface area contributed by atoms with E-state index in [1.807, 2.05) is 0 Å². The molecule has 0 aliphatic heterocycles. The molecule has 36 valence electrons. The fourth-order valence-electron chi connectivity index (χ4n) is 0. The summed E-state index contributed by atoms with van der Waals surface area (Å²) in [5.74, 6) is -2.93. The quantitative estimate of drug-likeness (QED) is 0.279. The summed E-state index contributed by atoms with van der Waals surface area (Å²) in [4.78, 5) is 18.5. The van der Waals surface area contributed by atoms with Crippen molar-refractivity contribution in [1.29, 1.82) is 0 Å². The maximum absolute atomic E-state index is 9.32. The van der Waals surface area contributed by atoms with Crippen molar-refractivity contribution >= 4 is 41.4 Å². The number of primary amides is 1. The van der Waals surface area contributed by atoms with Crippen molar-refractivity contribution < 1.29 is 14.7 Å². The molecule has 0 spiro atoms. The molecule has 0 saturated heterocycles. The van der Waals surface area contributed by atoms with Crippen LogP contribution in [0.5, 0.6) is 0 Å². The van der Waals surface area contributed by atoms with Crippen LogP contribution in [0.4, 0.5) is 0 Å². The Hall–Kier alpha value is -0.0600. The van der Waals surface area contributed by atoms with Gasteiger partial charge in [0.2, 0.25) is 0 Å². The normalized spacial score (nSPS) is 6.29. The van der Waals surface area contributed by atoms with Crippen LogP contribution in [0.25, 0.3) is 0 Å². The van der Waals surface area contributed by atoms with Gasteiger partial charge >= 0.3 is 41.4 Å². The number of hydrogen-bond acceptors (Lipinski definition) is 2. The van der Waals surface area contributed by atoms with Crippen LogP contribution < -0.4 is 5.73 Å². The molecule has 1 amide bonds. The van der Waals surface area contributed by atoms with Crippen LogP contribution in [0.2, 0.25) is 0 Å². The molecule has 7 heavy (non-hydrogen) atoms. The Morgan fingerprint density at radius 2 is 1.57 bits per heavy atom. The molecule has 0 atom stereocenters. The topological polar surface area (TPSA) is 80.4 Å². The molecule has 0 unspecified atom stereocenters. The molecule has 0 fully saturated rings. The minimum atomic E-state index is -1.60. The molecule has 0 rings (SSSR count). The minimum absolute atomic E-state index is 0. The molecule has 0 aromatic rings. The summed E-state index contributed by atoms with van der Waals surface area (Å²) in [7, 11) is 0. The first kappa shape index (κ1) is 10.0. The standard InChI is InChI=1S/C2H3NO3.Na.H/c3-1(4)2(5)6;;/h(H2,3,4)(H,5,6);;. The van der Waals surface area contributed by atoms with Crippen LogP contribution in [0.15, 0.2) is 0 Å². The van der Waals surface area contributed by atoms with E-state index in [0.717, 1.165) is 0 Å². The van der Waals surface area contributed by atoms with Crippen LogP contribution in [0.3, 0.4) is 0 Å². The predicted octanol–water partition coefficient (Wildman–Crippen LogP) is -2.09. The molecule has 0 radical (unpaired) electrons. The van der Waals surface area contributed by atoms with Gasteiger partial charge in [0.1, 0.15) is 0 Å². The third-order valence-corrected chi connectivity index (χ3v) is 0.211. The Labute approximate surface area is 62.0 Å². The van der Waals surface area contributed by atoms with Gasteiger partial charge in [0.05, 0.1) is 0 Å². The van der Waals surface area contributed by atoms with Crippen molar-refractivity contribution in [2.24, 2.45) is 5.73 Å². The third kappa shape index (κ3) is 5.94. The molecule has 0 heterocycles. The Bertz CT molecular complexity index is 78.9. The number of hydrogen-bond donors (Lipinski definition) is 2. The second kappa shape index (κ2) is 4.11. The van der Waals surface area contributed by atoms with E-state index < -0.39 is 11.9 Å². The van der Waals surface area contributed by atoms with Gasteiger partial charge in [-0.1, -0.05) is 0 Å². The number of carbonyl (C=O) groups excluding carboxylic acids is 1. The molecule has 0 aromatic carbocycles. The number of nitrogens with two attached hydrogens (primary N) is 1. The first-order chi connectivity index (χ1) is 2.64. The van der Waals surface area contributed by atoms with E-state index in [9.17, 15) is 9.59 Å². The molecule has 5 heteroatoms. The predicted molar refractivity (Wildman–Crippen MR) is 24.0 cm³/mol. The monoisotopic (exact) mass is 113 g/mol. The van der Waals surface area contributed by atoms with Crippen molar-refractivity contribution in [1.82, 2.24) is 0 Å². The van der Waals surface area contributed by atoms with E-state index in [1.54, 1.807) is 0 Å². The molecular formula is C2H4NNaO3. The van der Waals surface area contributed by atoms with Gasteiger partial charge in [0, 0.05) is 0 Å². The Balaban J connectivity index is 0. The van der Waals surface area contributed by atoms with Gasteiger partial charge in [-0.05, 0) is 0 Å². The van der Waals surface area contributed by atoms with Crippen LogP contribution >= 0.6 is 0 Å². The zero-order valence-corrected chi connectivity index (χ0v) is 2.84. The van der Waals surface area contributed by atoms with E-state index in [-0.39, 0.29) is 29.6 Å². The summed E-state index contributed by atoms with van der Waals surface area (Å²) in [5, 5.41) is 7.52. The maximum atomic E-state index is 9.32. The Morgan fingerprint density at radius 1 is 1.43 bits per heavy atom. The van der Waals surface area contributed by atoms with Crippen molar-refractivity contribution in [3.05, 3.63) is 0 Å². The van der Waals surface area contributed by atoms with Gasteiger partial charge < -0.3 is 10.8 Å². The van der Waals surface area contributed by atoms with E-state index in [2.05, 4.69) is 5.73 Å². The first-order valence-electron chi connectivity index (χ1n) is 1.17. The average Bonchev–Trinajstić information content (AvgIpc) is 1.36. The molecule has 3 N–H and O–H groups in total. The van der Waals surface area contributed by atoms with Gasteiger partial charge in [-0.3, -0.25) is 4.79 Å². The van der Waals surface area contributed by atoms with Crippen molar-refractivity contribution in [3.63, 3.8) is 0 Å². The summed E-state index contributed by atoms with van der Waals surface area (Å²) < 4.78 is 0. The van der Waals surface area contributed by atoms with Crippen LogP contribution in [-0.4, -0.2) is 46.5 Å². The van der Waals surface area contributed by atoms with E-state index in [4.69, 9.17) is 5.11 Å². The molecule has 0 aromatic heterocycles. The number of aliphatic carboxylic acids is 1. The number of rotatable bonds is 0. The zero-order valence-electron chi connectivity index (χ0n) is 2.84. The first-order valence-corrected chi connectivity index (χ1v) is 1.17. The average molecular weight is 113 g/mol. The second-order valence-electron chi connectivity index (χ2n) is 0.669. The van der Waals surface area contributed by atoms with E-state index >= 15 is 0 Å². The molecule has 4 nitrogen and oxygen atoms in total. The molecule has 0 bridgehead atoms. The molecule has 0 saturated carbocycles. The van der Waals surface area contributed by atoms with Crippen LogP contribution in [-0.2, 0) is 9.59 Å². The van der Waals surface area contributed by atoms with Gasteiger partial charge in [-0.15, -0.1) is 0 Å². The van der Waals surface area contributed by atoms with Crippen molar-refractivity contribution in [2.45, 2.75) is 0 Å². The number of carboxylic acid groups (broad SMARTS) is 1. The summed E-state index contributed by atoms with van der Waals surface area (Å²) >= 11 is 0. The summed E-state index contributed by atoms with van der Waals surface area (Å²) in [5.41, 5.74) is 4.20. The molecule has 0 aliphatic carbocycles.